The van der Waals surface area contributed by atoms with E-state index in [4.69, 9.17) is 10.5 Å². The summed E-state index contributed by atoms with van der Waals surface area (Å²) in [6.07, 6.45) is 0. The Hall–Kier alpha value is -1.39. The van der Waals surface area contributed by atoms with E-state index >= 15 is 0 Å². The molecule has 0 saturated heterocycles. The van der Waals surface area contributed by atoms with E-state index in [0.717, 1.165) is 11.3 Å². The van der Waals surface area contributed by atoms with E-state index in [1.54, 1.807) is 7.11 Å². The van der Waals surface area contributed by atoms with Crippen molar-refractivity contribution < 1.29 is 9.53 Å². The van der Waals surface area contributed by atoms with E-state index in [1.807, 2.05) is 24.3 Å². The molecular formula is C10H14N2O2. The molecule has 1 aromatic carbocycles. The van der Waals surface area contributed by atoms with Gasteiger partial charge in [0, 0.05) is 12.8 Å². The van der Waals surface area contributed by atoms with E-state index in [2.05, 4.69) is 5.32 Å². The van der Waals surface area contributed by atoms with Gasteiger partial charge in [0.15, 0.2) is 0 Å². The first-order valence-corrected chi connectivity index (χ1v) is 4.34. The summed E-state index contributed by atoms with van der Waals surface area (Å²) in [5.41, 5.74) is 6.94. The highest BCUT2D eigenvalue weighted by Crippen LogP contribution is 2.10. The lowest BCUT2D eigenvalue weighted by molar-refractivity contribution is -0.114. The van der Waals surface area contributed by atoms with Crippen LogP contribution in [0.15, 0.2) is 24.3 Å². The van der Waals surface area contributed by atoms with Gasteiger partial charge in [-0.2, -0.15) is 0 Å². The highest BCUT2D eigenvalue weighted by molar-refractivity contribution is 5.92. The van der Waals surface area contributed by atoms with E-state index < -0.39 is 0 Å². The number of rotatable bonds is 4. The van der Waals surface area contributed by atoms with Crippen LogP contribution in [0.25, 0.3) is 0 Å². The number of nitrogens with one attached hydrogen (secondary N) is 1. The molecule has 0 atom stereocenters. The Morgan fingerprint density at radius 2 is 2.36 bits per heavy atom. The lowest BCUT2D eigenvalue weighted by Gasteiger charge is -2.05. The molecule has 1 amide bonds. The molecule has 0 heterocycles. The molecule has 0 unspecified atom stereocenters. The van der Waals surface area contributed by atoms with Gasteiger partial charge in [-0.1, -0.05) is 12.1 Å². The predicted octanol–water partition coefficient (Wildman–Crippen LogP) is 0.730. The van der Waals surface area contributed by atoms with Crippen LogP contribution in [-0.4, -0.2) is 19.6 Å². The third-order valence-electron chi connectivity index (χ3n) is 1.71. The maximum absolute atomic E-state index is 11.0. The summed E-state index contributed by atoms with van der Waals surface area (Å²) in [5, 5.41) is 2.67. The van der Waals surface area contributed by atoms with Gasteiger partial charge < -0.3 is 15.8 Å². The van der Waals surface area contributed by atoms with Gasteiger partial charge in [-0.15, -0.1) is 0 Å². The molecule has 4 heteroatoms. The number of amides is 1. The van der Waals surface area contributed by atoms with Crippen LogP contribution < -0.4 is 11.1 Å². The molecule has 4 nitrogen and oxygen atoms in total. The number of hydrogen-bond acceptors (Lipinski definition) is 3. The highest BCUT2D eigenvalue weighted by Gasteiger charge is 1.99. The van der Waals surface area contributed by atoms with Crippen LogP contribution in [0.3, 0.4) is 0 Å². The van der Waals surface area contributed by atoms with Crippen molar-refractivity contribution in [1.82, 2.24) is 0 Å². The van der Waals surface area contributed by atoms with Crippen molar-refractivity contribution in [3.63, 3.8) is 0 Å². The molecule has 3 N–H and O–H groups in total. The van der Waals surface area contributed by atoms with Gasteiger partial charge in [0.1, 0.15) is 0 Å². The largest absolute Gasteiger partial charge is 0.380 e. The van der Waals surface area contributed by atoms with Crippen LogP contribution in [0.4, 0.5) is 5.69 Å². The SMILES string of the molecule is COCc1cccc(NC(=O)CN)c1. The minimum atomic E-state index is -0.195. The fourth-order valence-corrected chi connectivity index (χ4v) is 1.12. The number of ether oxygens (including phenoxy) is 1. The molecule has 0 fully saturated rings. The van der Waals surface area contributed by atoms with Crippen molar-refractivity contribution >= 4 is 11.6 Å². The maximum Gasteiger partial charge on any atom is 0.238 e. The Balaban J connectivity index is 2.68. The molecule has 0 aromatic heterocycles. The molecule has 14 heavy (non-hydrogen) atoms. The summed E-state index contributed by atoms with van der Waals surface area (Å²) < 4.78 is 4.98. The zero-order chi connectivity index (χ0) is 10.4. The fraction of sp³-hybridized carbons (Fsp3) is 0.300. The Bertz CT molecular complexity index is 313. The normalized spacial score (nSPS) is 9.86. The first-order chi connectivity index (χ1) is 6.76. The van der Waals surface area contributed by atoms with Crippen LogP contribution in [0, 0.1) is 0 Å². The van der Waals surface area contributed by atoms with Crippen LogP contribution in [0.1, 0.15) is 5.56 Å². The minimum Gasteiger partial charge on any atom is -0.380 e. The molecule has 1 rings (SSSR count). The average Bonchev–Trinajstić information content (AvgIpc) is 2.19. The molecule has 1 aromatic rings. The Labute approximate surface area is 83.1 Å². The second-order valence-corrected chi connectivity index (χ2v) is 2.89. The van der Waals surface area contributed by atoms with Crippen molar-refractivity contribution in [3.05, 3.63) is 29.8 Å². The molecule has 0 saturated carbocycles. The molecule has 76 valence electrons. The summed E-state index contributed by atoms with van der Waals surface area (Å²) in [6.45, 7) is 0.529. The molecule has 0 bridgehead atoms. The Kier molecular flexibility index (Phi) is 4.10. The van der Waals surface area contributed by atoms with Crippen molar-refractivity contribution in [1.29, 1.82) is 0 Å². The third-order valence-corrected chi connectivity index (χ3v) is 1.71. The first-order valence-electron chi connectivity index (χ1n) is 4.34. The minimum absolute atomic E-state index is 0.00545. The molecular weight excluding hydrogens is 180 g/mol. The van der Waals surface area contributed by atoms with E-state index in [-0.39, 0.29) is 12.5 Å². The van der Waals surface area contributed by atoms with Crippen molar-refractivity contribution in [2.45, 2.75) is 6.61 Å². The van der Waals surface area contributed by atoms with Gasteiger partial charge in [-0.3, -0.25) is 4.79 Å². The Morgan fingerprint density at radius 1 is 1.57 bits per heavy atom. The summed E-state index contributed by atoms with van der Waals surface area (Å²) in [4.78, 5) is 11.0. The van der Waals surface area contributed by atoms with Crippen LogP contribution in [0.2, 0.25) is 0 Å². The predicted molar refractivity (Wildman–Crippen MR) is 54.8 cm³/mol. The molecule has 0 aliphatic heterocycles. The number of carbonyl (C=O) groups is 1. The zero-order valence-electron chi connectivity index (χ0n) is 8.12. The smallest absolute Gasteiger partial charge is 0.238 e. The summed E-state index contributed by atoms with van der Waals surface area (Å²) in [7, 11) is 1.63. The van der Waals surface area contributed by atoms with E-state index in [0.29, 0.717) is 6.61 Å². The van der Waals surface area contributed by atoms with Crippen LogP contribution >= 0.6 is 0 Å². The lowest BCUT2D eigenvalue weighted by Crippen LogP contribution is -2.21. The number of anilines is 1. The number of methoxy groups -OCH3 is 1. The fourth-order valence-electron chi connectivity index (χ4n) is 1.12. The number of benzene rings is 1. The van der Waals surface area contributed by atoms with E-state index in [1.165, 1.54) is 0 Å². The summed E-state index contributed by atoms with van der Waals surface area (Å²) in [5.74, 6) is -0.195. The maximum atomic E-state index is 11.0. The van der Waals surface area contributed by atoms with Gasteiger partial charge in [0.05, 0.1) is 13.2 Å². The molecule has 0 aliphatic rings. The first kappa shape index (κ1) is 10.7. The quantitative estimate of drug-likeness (QED) is 0.742. The number of carbonyl (C=O) groups excluding carboxylic acids is 1. The number of hydrogen-bond donors (Lipinski definition) is 2. The standard InChI is InChI=1S/C10H14N2O2/c1-14-7-8-3-2-4-9(5-8)12-10(13)6-11/h2-5H,6-7,11H2,1H3,(H,12,13). The van der Waals surface area contributed by atoms with E-state index in [9.17, 15) is 4.79 Å². The highest BCUT2D eigenvalue weighted by atomic mass is 16.5. The van der Waals surface area contributed by atoms with Crippen LogP contribution in [0.5, 0.6) is 0 Å². The second-order valence-electron chi connectivity index (χ2n) is 2.89. The topological polar surface area (TPSA) is 64.3 Å². The van der Waals surface area contributed by atoms with Gasteiger partial charge in [-0.05, 0) is 17.7 Å². The Morgan fingerprint density at radius 3 is 3.00 bits per heavy atom. The summed E-state index contributed by atoms with van der Waals surface area (Å²) in [6, 6.07) is 7.46. The molecule has 0 radical (unpaired) electrons. The third kappa shape index (κ3) is 3.16. The zero-order valence-corrected chi connectivity index (χ0v) is 8.12. The monoisotopic (exact) mass is 194 g/mol. The van der Waals surface area contributed by atoms with Gasteiger partial charge in [0.25, 0.3) is 0 Å². The van der Waals surface area contributed by atoms with Crippen LogP contribution in [-0.2, 0) is 16.1 Å². The molecule has 0 spiro atoms. The molecule has 0 aliphatic carbocycles. The summed E-state index contributed by atoms with van der Waals surface area (Å²) >= 11 is 0. The van der Waals surface area contributed by atoms with Crippen molar-refractivity contribution in [2.75, 3.05) is 19.0 Å². The number of nitrogens with two attached hydrogens (primary N) is 1. The van der Waals surface area contributed by atoms with Crippen molar-refractivity contribution in [2.24, 2.45) is 5.73 Å². The van der Waals surface area contributed by atoms with Gasteiger partial charge >= 0.3 is 0 Å². The van der Waals surface area contributed by atoms with Crippen molar-refractivity contribution in [3.8, 4) is 0 Å². The average molecular weight is 194 g/mol. The second kappa shape index (κ2) is 5.36. The van der Waals surface area contributed by atoms with Gasteiger partial charge in [0.2, 0.25) is 5.91 Å². The van der Waals surface area contributed by atoms with Gasteiger partial charge in [-0.25, -0.2) is 0 Å². The lowest BCUT2D eigenvalue weighted by atomic mass is 10.2.